The van der Waals surface area contributed by atoms with Gasteiger partial charge in [0.1, 0.15) is 5.75 Å². The van der Waals surface area contributed by atoms with Crippen LogP contribution in [-0.2, 0) is 13.0 Å². The number of rotatable bonds is 7. The number of nitrogens with one attached hydrogen (secondary N) is 2. The molecule has 0 radical (unpaired) electrons. The summed E-state index contributed by atoms with van der Waals surface area (Å²) in [5.74, 6) is 0.620. The van der Waals surface area contributed by atoms with Gasteiger partial charge < -0.3 is 20.1 Å². The average Bonchev–Trinajstić information content (AvgIpc) is 2.91. The molecule has 1 fully saturated rings. The normalized spacial score (nSPS) is 14.0. The van der Waals surface area contributed by atoms with Crippen molar-refractivity contribution in [1.29, 1.82) is 0 Å². The standard InChI is InChI=1S/C27H27ClN6O4/c1-38-24-12-17(16-33-8-10-34(11-9-33)27(36)37)6-7-21(24)31-22-14-19(13-18-4-2-3-5-20(18)28)30-23-15-29-32-26(35)25(22)23/h2-7,12,14-15H,8-11,13,16H2,1H3,(H,30,31)(H,32,35)(H,36,37). The van der Waals surface area contributed by atoms with Crippen molar-refractivity contribution in [2.75, 3.05) is 38.6 Å². The number of benzene rings is 2. The number of pyridine rings is 1. The summed E-state index contributed by atoms with van der Waals surface area (Å²) in [5.41, 5.74) is 4.09. The van der Waals surface area contributed by atoms with E-state index >= 15 is 0 Å². The van der Waals surface area contributed by atoms with Gasteiger partial charge in [0, 0.05) is 49.9 Å². The van der Waals surface area contributed by atoms with Gasteiger partial charge in [-0.25, -0.2) is 9.89 Å². The van der Waals surface area contributed by atoms with Gasteiger partial charge in [-0.15, -0.1) is 0 Å². The number of nitrogens with zero attached hydrogens (tertiary/aromatic N) is 4. The molecule has 1 aliphatic heterocycles. The molecule has 3 heterocycles. The zero-order valence-electron chi connectivity index (χ0n) is 20.8. The van der Waals surface area contributed by atoms with Gasteiger partial charge in [-0.05, 0) is 35.4 Å². The second-order valence-corrected chi connectivity index (χ2v) is 9.50. The minimum absolute atomic E-state index is 0.349. The summed E-state index contributed by atoms with van der Waals surface area (Å²) in [5, 5.41) is 20.0. The Morgan fingerprint density at radius 2 is 1.92 bits per heavy atom. The average molecular weight is 535 g/mol. The van der Waals surface area contributed by atoms with Gasteiger partial charge in [-0.2, -0.15) is 5.10 Å². The van der Waals surface area contributed by atoms with Crippen molar-refractivity contribution < 1.29 is 14.6 Å². The summed E-state index contributed by atoms with van der Waals surface area (Å²) in [6.07, 6.45) is 1.14. The smallest absolute Gasteiger partial charge is 0.407 e. The third-order valence-corrected chi connectivity index (χ3v) is 6.96. The van der Waals surface area contributed by atoms with E-state index in [1.54, 1.807) is 7.11 Å². The number of aromatic nitrogens is 3. The highest BCUT2D eigenvalue weighted by molar-refractivity contribution is 6.31. The molecule has 11 heteroatoms. The fraction of sp³-hybridized carbons (Fsp3) is 0.259. The van der Waals surface area contributed by atoms with Gasteiger partial charge in [0.2, 0.25) is 0 Å². The maximum atomic E-state index is 12.7. The fourth-order valence-electron chi connectivity index (χ4n) is 4.62. The van der Waals surface area contributed by atoms with Crippen LogP contribution in [0.5, 0.6) is 5.75 Å². The maximum absolute atomic E-state index is 12.7. The van der Waals surface area contributed by atoms with Crippen LogP contribution < -0.4 is 15.6 Å². The highest BCUT2D eigenvalue weighted by Crippen LogP contribution is 2.32. The Morgan fingerprint density at radius 1 is 1.13 bits per heavy atom. The molecule has 4 aromatic rings. The molecule has 1 saturated heterocycles. The zero-order valence-corrected chi connectivity index (χ0v) is 21.5. The first-order chi connectivity index (χ1) is 18.4. The molecule has 196 valence electrons. The van der Waals surface area contributed by atoms with Crippen molar-refractivity contribution in [2.45, 2.75) is 13.0 Å². The van der Waals surface area contributed by atoms with E-state index in [1.807, 2.05) is 48.5 Å². The number of piperazine rings is 1. The Balaban J connectivity index is 1.42. The molecule has 0 saturated carbocycles. The summed E-state index contributed by atoms with van der Waals surface area (Å²) in [6, 6.07) is 15.3. The molecule has 5 rings (SSSR count). The summed E-state index contributed by atoms with van der Waals surface area (Å²) in [7, 11) is 1.60. The van der Waals surface area contributed by atoms with E-state index in [0.29, 0.717) is 72.2 Å². The number of ether oxygens (including phenoxy) is 1. The van der Waals surface area contributed by atoms with E-state index in [2.05, 4.69) is 25.4 Å². The lowest BCUT2D eigenvalue weighted by Gasteiger charge is -2.33. The molecule has 0 spiro atoms. The molecule has 1 aliphatic rings. The third kappa shape index (κ3) is 5.56. The van der Waals surface area contributed by atoms with Crippen LogP contribution in [0.15, 0.2) is 59.5 Å². The molecular formula is C27H27ClN6O4. The highest BCUT2D eigenvalue weighted by Gasteiger charge is 2.21. The minimum Gasteiger partial charge on any atom is -0.495 e. The number of hydrogen-bond donors (Lipinski definition) is 3. The van der Waals surface area contributed by atoms with Crippen molar-refractivity contribution in [2.24, 2.45) is 0 Å². The monoisotopic (exact) mass is 534 g/mol. The molecule has 2 aromatic carbocycles. The molecule has 0 atom stereocenters. The lowest BCUT2D eigenvalue weighted by molar-refractivity contribution is 0.103. The van der Waals surface area contributed by atoms with Crippen molar-refractivity contribution in [3.63, 3.8) is 0 Å². The molecule has 2 aromatic heterocycles. The van der Waals surface area contributed by atoms with Gasteiger partial charge in [-0.1, -0.05) is 35.9 Å². The lowest BCUT2D eigenvalue weighted by Crippen LogP contribution is -2.47. The largest absolute Gasteiger partial charge is 0.495 e. The molecule has 1 amide bonds. The van der Waals surface area contributed by atoms with Gasteiger partial charge in [0.15, 0.2) is 0 Å². The topological polar surface area (TPSA) is 124 Å². The van der Waals surface area contributed by atoms with Crippen molar-refractivity contribution in [3.8, 4) is 5.75 Å². The summed E-state index contributed by atoms with van der Waals surface area (Å²) < 4.78 is 5.68. The molecule has 0 bridgehead atoms. The second kappa shape index (κ2) is 11.1. The van der Waals surface area contributed by atoms with Crippen LogP contribution in [0.2, 0.25) is 5.02 Å². The number of halogens is 1. The number of amides is 1. The molecule has 0 unspecified atom stereocenters. The van der Waals surface area contributed by atoms with Gasteiger partial charge in [0.05, 0.1) is 35.6 Å². The fourth-order valence-corrected chi connectivity index (χ4v) is 4.83. The molecule has 38 heavy (non-hydrogen) atoms. The van der Waals surface area contributed by atoms with Crippen LogP contribution in [0.3, 0.4) is 0 Å². The van der Waals surface area contributed by atoms with Gasteiger partial charge in [-0.3, -0.25) is 14.7 Å². The van der Waals surface area contributed by atoms with Gasteiger partial charge >= 0.3 is 6.09 Å². The number of H-pyrrole nitrogens is 1. The first-order valence-electron chi connectivity index (χ1n) is 12.2. The first kappa shape index (κ1) is 25.5. The lowest BCUT2D eigenvalue weighted by atomic mass is 10.1. The SMILES string of the molecule is COc1cc(CN2CCN(C(=O)O)CC2)ccc1Nc1cc(Cc2ccccc2Cl)nc2cn[nH]c(=O)c12. The Hall–Kier alpha value is -4.15. The Labute approximate surface area is 223 Å². The van der Waals surface area contributed by atoms with Gasteiger partial charge in [0.25, 0.3) is 5.56 Å². The molecule has 3 N–H and O–H groups in total. The van der Waals surface area contributed by atoms with Crippen LogP contribution in [-0.4, -0.2) is 69.5 Å². The maximum Gasteiger partial charge on any atom is 0.407 e. The van der Waals surface area contributed by atoms with Crippen LogP contribution in [0.4, 0.5) is 16.2 Å². The van der Waals surface area contributed by atoms with E-state index in [0.717, 1.165) is 16.8 Å². The summed E-state index contributed by atoms with van der Waals surface area (Å²) in [4.78, 5) is 32.2. The van der Waals surface area contributed by atoms with Crippen molar-refractivity contribution in [3.05, 3.63) is 86.9 Å². The van der Waals surface area contributed by atoms with E-state index in [4.69, 9.17) is 21.4 Å². The number of carbonyl (C=O) groups is 1. The highest BCUT2D eigenvalue weighted by atomic mass is 35.5. The zero-order chi connectivity index (χ0) is 26.6. The number of methoxy groups -OCH3 is 1. The third-order valence-electron chi connectivity index (χ3n) is 6.59. The quantitative estimate of drug-likeness (QED) is 0.323. The van der Waals surface area contributed by atoms with E-state index in [9.17, 15) is 9.59 Å². The van der Waals surface area contributed by atoms with Crippen LogP contribution in [0, 0.1) is 0 Å². The Kier molecular flexibility index (Phi) is 7.43. The number of fused-ring (bicyclic) bond motifs is 1. The number of hydrogen-bond acceptors (Lipinski definition) is 7. The predicted molar refractivity (Wildman–Crippen MR) is 146 cm³/mol. The summed E-state index contributed by atoms with van der Waals surface area (Å²) >= 11 is 6.37. The molecule has 0 aliphatic carbocycles. The van der Waals surface area contributed by atoms with E-state index in [-0.39, 0.29) is 5.56 Å². The first-order valence-corrected chi connectivity index (χ1v) is 12.5. The minimum atomic E-state index is -0.880. The van der Waals surface area contributed by atoms with E-state index in [1.165, 1.54) is 11.1 Å². The van der Waals surface area contributed by atoms with E-state index < -0.39 is 6.09 Å². The Bertz CT molecular complexity index is 1530. The van der Waals surface area contributed by atoms with Crippen molar-refractivity contribution >= 4 is 40.0 Å². The van der Waals surface area contributed by atoms with Crippen LogP contribution >= 0.6 is 11.6 Å². The van der Waals surface area contributed by atoms with Crippen LogP contribution in [0.1, 0.15) is 16.8 Å². The second-order valence-electron chi connectivity index (χ2n) is 9.09. The molecular weight excluding hydrogens is 508 g/mol. The Morgan fingerprint density at radius 3 is 2.66 bits per heavy atom. The van der Waals surface area contributed by atoms with Crippen LogP contribution in [0.25, 0.3) is 10.9 Å². The summed E-state index contributed by atoms with van der Waals surface area (Å²) in [6.45, 7) is 2.99. The number of anilines is 2. The van der Waals surface area contributed by atoms with Crippen molar-refractivity contribution in [1.82, 2.24) is 25.0 Å². The molecule has 10 nitrogen and oxygen atoms in total. The number of carboxylic acid groups (broad SMARTS) is 1. The predicted octanol–water partition coefficient (Wildman–Crippen LogP) is 4.11. The number of aromatic amines is 1.